The standard InChI is InChI=1S/C22H15BO3/c24-23(25)15-11-12-20-19(13-15)22-18(9-4-10-21(22)26-20)17-8-3-6-14-5-1-2-7-16(14)17/h1-13,24-25H. The van der Waals surface area contributed by atoms with Crippen LogP contribution in [0.2, 0.25) is 0 Å². The maximum atomic E-state index is 9.55. The molecule has 0 atom stereocenters. The number of hydrogen-bond donors (Lipinski definition) is 2. The van der Waals surface area contributed by atoms with E-state index in [2.05, 4.69) is 36.4 Å². The first kappa shape index (κ1) is 15.2. The van der Waals surface area contributed by atoms with Crippen LogP contribution in [0, 0.1) is 0 Å². The first-order valence-corrected chi connectivity index (χ1v) is 8.52. The lowest BCUT2D eigenvalue weighted by atomic mass is 9.79. The van der Waals surface area contributed by atoms with E-state index in [9.17, 15) is 10.0 Å². The minimum atomic E-state index is -1.51. The molecule has 0 fully saturated rings. The average molecular weight is 338 g/mol. The van der Waals surface area contributed by atoms with Crippen LogP contribution in [-0.2, 0) is 0 Å². The van der Waals surface area contributed by atoms with Crippen molar-refractivity contribution in [3.63, 3.8) is 0 Å². The maximum Gasteiger partial charge on any atom is 0.488 e. The topological polar surface area (TPSA) is 53.6 Å². The fraction of sp³-hybridized carbons (Fsp3) is 0. The van der Waals surface area contributed by atoms with E-state index in [4.69, 9.17) is 4.42 Å². The smallest absolute Gasteiger partial charge is 0.456 e. The summed E-state index contributed by atoms with van der Waals surface area (Å²) in [5, 5.41) is 23.3. The van der Waals surface area contributed by atoms with E-state index in [0.29, 0.717) is 5.46 Å². The van der Waals surface area contributed by atoms with Crippen molar-refractivity contribution < 1.29 is 14.5 Å². The molecule has 0 radical (unpaired) electrons. The molecule has 0 spiro atoms. The Hall–Kier alpha value is -3.08. The summed E-state index contributed by atoms with van der Waals surface area (Å²) in [6.45, 7) is 0. The Labute approximate surface area is 150 Å². The maximum absolute atomic E-state index is 9.55. The summed E-state index contributed by atoms with van der Waals surface area (Å²) in [7, 11) is -1.51. The molecule has 1 aromatic heterocycles. The van der Waals surface area contributed by atoms with Gasteiger partial charge in [0, 0.05) is 10.8 Å². The van der Waals surface area contributed by atoms with Gasteiger partial charge in [0.05, 0.1) is 0 Å². The molecule has 1 heterocycles. The number of rotatable bonds is 2. The zero-order valence-electron chi connectivity index (χ0n) is 13.9. The molecule has 0 bridgehead atoms. The number of furan rings is 1. The molecular formula is C22H15BO3. The molecule has 26 heavy (non-hydrogen) atoms. The van der Waals surface area contributed by atoms with E-state index in [1.807, 2.05) is 24.3 Å². The summed E-state index contributed by atoms with van der Waals surface area (Å²) >= 11 is 0. The van der Waals surface area contributed by atoms with Gasteiger partial charge in [-0.05, 0) is 39.5 Å². The van der Waals surface area contributed by atoms with Crippen molar-refractivity contribution in [2.75, 3.05) is 0 Å². The van der Waals surface area contributed by atoms with E-state index >= 15 is 0 Å². The molecule has 0 aliphatic rings. The number of benzene rings is 4. The van der Waals surface area contributed by atoms with Gasteiger partial charge in [-0.1, -0.05) is 66.7 Å². The molecule has 0 unspecified atom stereocenters. The molecule has 0 aliphatic heterocycles. The van der Waals surface area contributed by atoms with Crippen LogP contribution in [0.4, 0.5) is 0 Å². The predicted molar refractivity (Wildman–Crippen MR) is 106 cm³/mol. The minimum absolute atomic E-state index is 0.452. The number of hydrogen-bond acceptors (Lipinski definition) is 3. The Balaban J connectivity index is 1.90. The van der Waals surface area contributed by atoms with Crippen molar-refractivity contribution in [1.29, 1.82) is 0 Å². The molecule has 5 rings (SSSR count). The highest BCUT2D eigenvalue weighted by molar-refractivity contribution is 6.59. The fourth-order valence-corrected chi connectivity index (χ4v) is 3.69. The van der Waals surface area contributed by atoms with Crippen molar-refractivity contribution in [2.24, 2.45) is 0 Å². The van der Waals surface area contributed by atoms with Crippen molar-refractivity contribution in [3.8, 4) is 11.1 Å². The molecule has 3 nitrogen and oxygen atoms in total. The highest BCUT2D eigenvalue weighted by Gasteiger charge is 2.17. The fourth-order valence-electron chi connectivity index (χ4n) is 3.69. The van der Waals surface area contributed by atoms with E-state index in [0.717, 1.165) is 33.1 Å². The van der Waals surface area contributed by atoms with Crippen LogP contribution in [0.15, 0.2) is 83.3 Å². The Morgan fingerprint density at radius 3 is 2.31 bits per heavy atom. The second-order valence-corrected chi connectivity index (χ2v) is 6.44. The Morgan fingerprint density at radius 1 is 0.654 bits per heavy atom. The van der Waals surface area contributed by atoms with Gasteiger partial charge in [-0.3, -0.25) is 0 Å². The Kier molecular flexibility index (Phi) is 3.35. The van der Waals surface area contributed by atoms with Gasteiger partial charge in [0.2, 0.25) is 0 Å². The van der Waals surface area contributed by atoms with Gasteiger partial charge in [0.25, 0.3) is 0 Å². The van der Waals surface area contributed by atoms with Gasteiger partial charge in [-0.2, -0.15) is 0 Å². The molecule has 0 saturated heterocycles. The largest absolute Gasteiger partial charge is 0.488 e. The van der Waals surface area contributed by atoms with Gasteiger partial charge < -0.3 is 14.5 Å². The van der Waals surface area contributed by atoms with E-state index in [1.165, 1.54) is 10.8 Å². The van der Waals surface area contributed by atoms with Crippen LogP contribution >= 0.6 is 0 Å². The minimum Gasteiger partial charge on any atom is -0.456 e. The third-order valence-electron chi connectivity index (χ3n) is 4.90. The van der Waals surface area contributed by atoms with Crippen molar-refractivity contribution >= 4 is 45.3 Å². The average Bonchev–Trinajstić information content (AvgIpc) is 3.05. The van der Waals surface area contributed by atoms with Gasteiger partial charge in [0.15, 0.2) is 0 Å². The van der Waals surface area contributed by atoms with Crippen LogP contribution in [0.3, 0.4) is 0 Å². The van der Waals surface area contributed by atoms with Gasteiger partial charge >= 0.3 is 7.12 Å². The summed E-state index contributed by atoms with van der Waals surface area (Å²) in [5.74, 6) is 0. The molecule has 0 amide bonds. The van der Waals surface area contributed by atoms with Crippen molar-refractivity contribution in [2.45, 2.75) is 0 Å². The highest BCUT2D eigenvalue weighted by Crippen LogP contribution is 2.38. The monoisotopic (exact) mass is 338 g/mol. The molecule has 4 heteroatoms. The summed E-state index contributed by atoms with van der Waals surface area (Å²) in [5.41, 5.74) is 4.18. The van der Waals surface area contributed by atoms with Crippen LogP contribution < -0.4 is 5.46 Å². The van der Waals surface area contributed by atoms with Crippen LogP contribution in [-0.4, -0.2) is 17.2 Å². The second kappa shape index (κ2) is 5.73. The van der Waals surface area contributed by atoms with E-state index in [1.54, 1.807) is 18.2 Å². The zero-order chi connectivity index (χ0) is 17.7. The summed E-state index contributed by atoms with van der Waals surface area (Å²) < 4.78 is 6.00. The van der Waals surface area contributed by atoms with E-state index in [-0.39, 0.29) is 0 Å². The Morgan fingerprint density at radius 2 is 1.42 bits per heavy atom. The Bertz CT molecular complexity index is 1270. The molecule has 0 aliphatic carbocycles. The third kappa shape index (κ3) is 2.24. The van der Waals surface area contributed by atoms with Crippen LogP contribution in [0.1, 0.15) is 0 Å². The highest BCUT2D eigenvalue weighted by atomic mass is 16.4. The molecule has 4 aromatic carbocycles. The summed E-state index contributed by atoms with van der Waals surface area (Å²) in [6.07, 6.45) is 0. The van der Waals surface area contributed by atoms with Crippen molar-refractivity contribution in [3.05, 3.63) is 78.9 Å². The SMILES string of the molecule is OB(O)c1ccc2oc3cccc(-c4cccc5ccccc45)c3c2c1. The lowest BCUT2D eigenvalue weighted by Gasteiger charge is -2.08. The first-order chi connectivity index (χ1) is 12.7. The van der Waals surface area contributed by atoms with Gasteiger partial charge in [0.1, 0.15) is 11.2 Å². The molecule has 124 valence electrons. The zero-order valence-corrected chi connectivity index (χ0v) is 13.9. The van der Waals surface area contributed by atoms with E-state index < -0.39 is 7.12 Å². The summed E-state index contributed by atoms with van der Waals surface area (Å²) in [6, 6.07) is 25.8. The number of fused-ring (bicyclic) bond motifs is 4. The lowest BCUT2D eigenvalue weighted by molar-refractivity contribution is 0.426. The van der Waals surface area contributed by atoms with Crippen molar-refractivity contribution in [1.82, 2.24) is 0 Å². The van der Waals surface area contributed by atoms with Gasteiger partial charge in [-0.15, -0.1) is 0 Å². The molecule has 0 saturated carbocycles. The van der Waals surface area contributed by atoms with Crippen LogP contribution in [0.5, 0.6) is 0 Å². The molecule has 2 N–H and O–H groups in total. The summed E-state index contributed by atoms with van der Waals surface area (Å²) in [4.78, 5) is 0. The molecular weight excluding hydrogens is 323 g/mol. The lowest BCUT2D eigenvalue weighted by Crippen LogP contribution is -2.29. The quantitative estimate of drug-likeness (QED) is 0.477. The second-order valence-electron chi connectivity index (χ2n) is 6.44. The normalized spacial score (nSPS) is 11.5. The van der Waals surface area contributed by atoms with Crippen LogP contribution in [0.25, 0.3) is 43.8 Å². The molecule has 5 aromatic rings. The van der Waals surface area contributed by atoms with Gasteiger partial charge in [-0.25, -0.2) is 0 Å². The predicted octanol–water partition coefficient (Wildman–Crippen LogP) is 4.09. The third-order valence-corrected chi connectivity index (χ3v) is 4.90. The first-order valence-electron chi connectivity index (χ1n) is 8.52.